The summed E-state index contributed by atoms with van der Waals surface area (Å²) in [7, 11) is 0. The van der Waals surface area contributed by atoms with Crippen LogP contribution in [0.15, 0.2) is 57.7 Å². The Labute approximate surface area is 137 Å². The summed E-state index contributed by atoms with van der Waals surface area (Å²) < 4.78 is 1.03. The molecule has 21 heavy (non-hydrogen) atoms. The van der Waals surface area contributed by atoms with E-state index in [4.69, 9.17) is 0 Å². The van der Waals surface area contributed by atoms with E-state index in [0.717, 1.165) is 16.3 Å². The highest BCUT2D eigenvalue weighted by molar-refractivity contribution is 9.11. The molecule has 0 aromatic rings. The summed E-state index contributed by atoms with van der Waals surface area (Å²) in [5.41, 5.74) is 4.17. The third kappa shape index (κ3) is 6.01. The van der Waals surface area contributed by atoms with Gasteiger partial charge in [0, 0.05) is 4.48 Å². The van der Waals surface area contributed by atoms with Gasteiger partial charge in [-0.2, -0.15) is 0 Å². The van der Waals surface area contributed by atoms with Crippen molar-refractivity contribution in [1.82, 2.24) is 0 Å². The summed E-state index contributed by atoms with van der Waals surface area (Å²) in [6.07, 6.45) is 16.3. The van der Waals surface area contributed by atoms with Gasteiger partial charge in [0.05, 0.1) is 0 Å². The predicted molar refractivity (Wildman–Crippen MR) is 95.4 cm³/mol. The number of hydrogen-bond acceptors (Lipinski definition) is 1. The van der Waals surface area contributed by atoms with Crippen LogP contribution >= 0.6 is 15.9 Å². The second-order valence-electron chi connectivity index (χ2n) is 6.22. The van der Waals surface area contributed by atoms with Gasteiger partial charge in [0.25, 0.3) is 0 Å². The monoisotopic (exact) mass is 348 g/mol. The predicted octanol–water partition coefficient (Wildman–Crippen LogP) is 6.05. The largest absolute Gasteiger partial charge is 0.299 e. The van der Waals surface area contributed by atoms with Gasteiger partial charge < -0.3 is 0 Å². The fourth-order valence-corrected chi connectivity index (χ4v) is 2.97. The SMILES string of the molecule is CC1=C(/C=C/C(Br)=C/C=C\C(C)=C\C=O)C(C)(C)CCC1. The second-order valence-corrected chi connectivity index (χ2v) is 7.14. The Morgan fingerprint density at radius 3 is 2.57 bits per heavy atom. The van der Waals surface area contributed by atoms with Crippen LogP contribution in [0, 0.1) is 5.41 Å². The molecule has 0 unspecified atom stereocenters. The van der Waals surface area contributed by atoms with Gasteiger partial charge in [-0.3, -0.25) is 4.79 Å². The van der Waals surface area contributed by atoms with E-state index in [1.165, 1.54) is 30.4 Å². The number of rotatable bonds is 5. The summed E-state index contributed by atoms with van der Waals surface area (Å²) in [4.78, 5) is 10.3. The average molecular weight is 349 g/mol. The van der Waals surface area contributed by atoms with Gasteiger partial charge in [-0.25, -0.2) is 0 Å². The van der Waals surface area contributed by atoms with Crippen molar-refractivity contribution in [1.29, 1.82) is 0 Å². The first-order valence-electron chi connectivity index (χ1n) is 7.41. The van der Waals surface area contributed by atoms with Crippen molar-refractivity contribution in [2.24, 2.45) is 5.41 Å². The minimum absolute atomic E-state index is 0.269. The molecule has 0 aromatic heterocycles. The Kier molecular flexibility index (Phi) is 7.10. The molecule has 0 amide bonds. The fourth-order valence-electron chi connectivity index (χ4n) is 2.68. The molecule has 0 saturated heterocycles. The lowest BCUT2D eigenvalue weighted by atomic mass is 9.73. The van der Waals surface area contributed by atoms with Crippen LogP contribution in [-0.2, 0) is 4.79 Å². The van der Waals surface area contributed by atoms with Crippen LogP contribution < -0.4 is 0 Å². The van der Waals surface area contributed by atoms with Crippen molar-refractivity contribution in [3.8, 4) is 0 Å². The Morgan fingerprint density at radius 2 is 1.95 bits per heavy atom. The maximum absolute atomic E-state index is 10.3. The summed E-state index contributed by atoms with van der Waals surface area (Å²) >= 11 is 3.56. The highest BCUT2D eigenvalue weighted by Gasteiger charge is 2.26. The number of halogens is 1. The van der Waals surface area contributed by atoms with Crippen molar-refractivity contribution in [3.63, 3.8) is 0 Å². The molecular formula is C19H25BrO. The molecule has 1 aliphatic carbocycles. The molecule has 0 N–H and O–H groups in total. The van der Waals surface area contributed by atoms with Crippen LogP contribution in [0.25, 0.3) is 0 Å². The lowest BCUT2D eigenvalue weighted by molar-refractivity contribution is -0.104. The third-order valence-corrected chi connectivity index (χ3v) is 4.43. The zero-order valence-corrected chi connectivity index (χ0v) is 15.0. The Hall–Kier alpha value is -1.15. The summed E-state index contributed by atoms with van der Waals surface area (Å²) in [6.45, 7) is 8.79. The standard InChI is InChI=1S/C19H25BrO/c1-15(12-14-21)7-5-9-17(20)10-11-18-16(2)8-6-13-19(18,3)4/h5,7,9-12,14H,6,8,13H2,1-4H3/b7-5-,11-10+,15-12+,17-9-. The van der Waals surface area contributed by atoms with Crippen molar-refractivity contribution in [2.75, 3.05) is 0 Å². The van der Waals surface area contributed by atoms with Gasteiger partial charge in [-0.05, 0) is 67.9 Å². The lowest BCUT2D eigenvalue weighted by Crippen LogP contribution is -2.18. The Bertz CT molecular complexity index is 528. The highest BCUT2D eigenvalue weighted by atomic mass is 79.9. The molecule has 2 heteroatoms. The number of hydrogen-bond donors (Lipinski definition) is 0. The number of allylic oxidation sites excluding steroid dienone is 10. The van der Waals surface area contributed by atoms with E-state index < -0.39 is 0 Å². The van der Waals surface area contributed by atoms with Gasteiger partial charge in [-0.1, -0.05) is 53.6 Å². The van der Waals surface area contributed by atoms with Crippen molar-refractivity contribution in [2.45, 2.75) is 47.0 Å². The van der Waals surface area contributed by atoms with Gasteiger partial charge in [0.15, 0.2) is 0 Å². The van der Waals surface area contributed by atoms with Crippen LogP contribution in [0.4, 0.5) is 0 Å². The maximum Gasteiger partial charge on any atom is 0.143 e. The molecule has 0 spiro atoms. The van der Waals surface area contributed by atoms with Crippen molar-refractivity contribution < 1.29 is 4.79 Å². The molecule has 0 aliphatic heterocycles. The average Bonchev–Trinajstić information content (AvgIpc) is 2.37. The summed E-state index contributed by atoms with van der Waals surface area (Å²) in [5, 5.41) is 0. The quantitative estimate of drug-likeness (QED) is 0.335. The van der Waals surface area contributed by atoms with Crippen LogP contribution in [0.5, 0.6) is 0 Å². The number of aldehydes is 1. The van der Waals surface area contributed by atoms with Gasteiger partial charge >= 0.3 is 0 Å². The zero-order chi connectivity index (χ0) is 15.9. The molecule has 0 radical (unpaired) electrons. The van der Waals surface area contributed by atoms with Crippen LogP contribution in [0.3, 0.4) is 0 Å². The van der Waals surface area contributed by atoms with Crippen molar-refractivity contribution in [3.05, 3.63) is 57.7 Å². The smallest absolute Gasteiger partial charge is 0.143 e. The molecule has 1 nitrogen and oxygen atoms in total. The molecule has 1 rings (SSSR count). The molecule has 0 heterocycles. The Balaban J connectivity index is 2.80. The summed E-state index contributed by atoms with van der Waals surface area (Å²) in [5.74, 6) is 0. The van der Waals surface area contributed by atoms with Gasteiger partial charge in [0.1, 0.15) is 6.29 Å². The zero-order valence-electron chi connectivity index (χ0n) is 13.4. The molecule has 114 valence electrons. The number of carbonyl (C=O) groups is 1. The van der Waals surface area contributed by atoms with E-state index in [1.54, 1.807) is 6.08 Å². The van der Waals surface area contributed by atoms with E-state index >= 15 is 0 Å². The van der Waals surface area contributed by atoms with Gasteiger partial charge in [-0.15, -0.1) is 0 Å². The van der Waals surface area contributed by atoms with E-state index in [9.17, 15) is 4.79 Å². The minimum Gasteiger partial charge on any atom is -0.299 e. The normalized spacial score (nSPS) is 20.6. The van der Waals surface area contributed by atoms with Gasteiger partial charge in [0.2, 0.25) is 0 Å². The van der Waals surface area contributed by atoms with E-state index in [2.05, 4.69) is 48.9 Å². The first-order chi connectivity index (χ1) is 9.86. The third-order valence-electron chi connectivity index (χ3n) is 3.90. The topological polar surface area (TPSA) is 17.1 Å². The van der Waals surface area contributed by atoms with Crippen LogP contribution in [0.2, 0.25) is 0 Å². The van der Waals surface area contributed by atoms with E-state index in [-0.39, 0.29) is 5.41 Å². The molecule has 1 aliphatic rings. The molecule has 0 fully saturated rings. The van der Waals surface area contributed by atoms with Crippen molar-refractivity contribution >= 4 is 22.2 Å². The number of carbonyl (C=O) groups excluding carboxylic acids is 1. The first-order valence-corrected chi connectivity index (χ1v) is 8.20. The molecule has 0 atom stereocenters. The second kappa shape index (κ2) is 8.33. The fraction of sp³-hybridized carbons (Fsp3) is 0.421. The highest BCUT2D eigenvalue weighted by Crippen LogP contribution is 2.40. The van der Waals surface area contributed by atoms with Crippen LogP contribution in [-0.4, -0.2) is 6.29 Å². The van der Waals surface area contributed by atoms with E-state index in [0.29, 0.717) is 0 Å². The molecule has 0 bridgehead atoms. The molecule has 0 saturated carbocycles. The lowest BCUT2D eigenvalue weighted by Gasteiger charge is -2.32. The first kappa shape index (κ1) is 17.9. The minimum atomic E-state index is 0.269. The van der Waals surface area contributed by atoms with E-state index in [1.807, 2.05) is 25.2 Å². The summed E-state index contributed by atoms with van der Waals surface area (Å²) in [6, 6.07) is 0. The van der Waals surface area contributed by atoms with Crippen LogP contribution in [0.1, 0.15) is 47.0 Å². The maximum atomic E-state index is 10.3. The Morgan fingerprint density at radius 1 is 1.24 bits per heavy atom. The molecule has 0 aromatic carbocycles. The molecular weight excluding hydrogens is 324 g/mol.